The van der Waals surface area contributed by atoms with Crippen LogP contribution in [-0.4, -0.2) is 11.9 Å². The van der Waals surface area contributed by atoms with Crippen molar-refractivity contribution in [3.05, 3.63) is 35.4 Å². The average Bonchev–Trinajstić information content (AvgIpc) is 2.41. The Bertz CT molecular complexity index is 446. The number of nitrogens with one attached hydrogen (secondary N) is 1. The molecule has 20 heavy (non-hydrogen) atoms. The number of hydrogen-bond acceptors (Lipinski definition) is 2. The van der Waals surface area contributed by atoms with Crippen LogP contribution in [0.5, 0.6) is 0 Å². The molecule has 0 saturated carbocycles. The maximum absolute atomic E-state index is 12.5. The van der Waals surface area contributed by atoms with Crippen LogP contribution >= 0.6 is 0 Å². The first kappa shape index (κ1) is 16.5. The zero-order valence-electron chi connectivity index (χ0n) is 11.3. The zero-order valence-corrected chi connectivity index (χ0v) is 11.3. The lowest BCUT2D eigenvalue weighted by Gasteiger charge is -2.13. The van der Waals surface area contributed by atoms with E-state index in [0.717, 1.165) is 25.0 Å². The summed E-state index contributed by atoms with van der Waals surface area (Å²) >= 11 is 0. The highest BCUT2D eigenvalue weighted by Gasteiger charge is 2.30. The second-order valence-electron chi connectivity index (χ2n) is 4.66. The summed E-state index contributed by atoms with van der Waals surface area (Å²) in [7, 11) is 0. The van der Waals surface area contributed by atoms with Crippen LogP contribution in [0.2, 0.25) is 0 Å². The van der Waals surface area contributed by atoms with Crippen LogP contribution in [0.3, 0.4) is 0 Å². The smallest absolute Gasteiger partial charge is 0.351 e. The largest absolute Gasteiger partial charge is 0.416 e. The van der Waals surface area contributed by atoms with Gasteiger partial charge in [0.15, 0.2) is 0 Å². The SMILES string of the molecule is CCCCC(N)C(=O)NCc1cccc(C(F)(F)F)c1. The molecule has 0 aliphatic rings. The van der Waals surface area contributed by atoms with Crippen LogP contribution in [0.4, 0.5) is 13.2 Å². The van der Waals surface area contributed by atoms with Gasteiger partial charge in [0, 0.05) is 6.54 Å². The van der Waals surface area contributed by atoms with Crippen LogP contribution in [-0.2, 0) is 17.5 Å². The van der Waals surface area contributed by atoms with Gasteiger partial charge in [-0.1, -0.05) is 31.9 Å². The predicted octanol–water partition coefficient (Wildman–Crippen LogP) is 2.84. The lowest BCUT2D eigenvalue weighted by Crippen LogP contribution is -2.40. The minimum Gasteiger partial charge on any atom is -0.351 e. The normalized spacial score (nSPS) is 13.1. The van der Waals surface area contributed by atoms with Crippen molar-refractivity contribution in [2.45, 2.75) is 44.9 Å². The molecule has 1 rings (SSSR count). The van der Waals surface area contributed by atoms with Crippen molar-refractivity contribution in [2.75, 3.05) is 0 Å². The Morgan fingerprint density at radius 3 is 2.70 bits per heavy atom. The number of amides is 1. The average molecular weight is 288 g/mol. The minimum atomic E-state index is -4.38. The van der Waals surface area contributed by atoms with E-state index in [1.54, 1.807) is 0 Å². The van der Waals surface area contributed by atoms with Crippen LogP contribution in [0, 0.1) is 0 Å². The molecule has 0 heterocycles. The van der Waals surface area contributed by atoms with Gasteiger partial charge in [-0.25, -0.2) is 0 Å². The number of benzene rings is 1. The predicted molar refractivity (Wildman–Crippen MR) is 70.8 cm³/mol. The van der Waals surface area contributed by atoms with E-state index in [0.29, 0.717) is 12.0 Å². The summed E-state index contributed by atoms with van der Waals surface area (Å²) in [4.78, 5) is 11.6. The quantitative estimate of drug-likeness (QED) is 0.845. The number of unbranched alkanes of at least 4 members (excludes halogenated alkanes) is 1. The Morgan fingerprint density at radius 1 is 1.40 bits per heavy atom. The molecule has 1 unspecified atom stereocenters. The van der Waals surface area contributed by atoms with Gasteiger partial charge >= 0.3 is 6.18 Å². The highest BCUT2D eigenvalue weighted by Crippen LogP contribution is 2.29. The van der Waals surface area contributed by atoms with Gasteiger partial charge in [-0.3, -0.25) is 4.79 Å². The summed E-state index contributed by atoms with van der Waals surface area (Å²) in [5.41, 5.74) is 5.35. The van der Waals surface area contributed by atoms with Crippen molar-refractivity contribution >= 4 is 5.91 Å². The van der Waals surface area contributed by atoms with Crippen molar-refractivity contribution in [3.8, 4) is 0 Å². The number of hydrogen-bond donors (Lipinski definition) is 2. The summed E-state index contributed by atoms with van der Waals surface area (Å²) in [5, 5.41) is 2.55. The lowest BCUT2D eigenvalue weighted by molar-refractivity contribution is -0.137. The van der Waals surface area contributed by atoms with E-state index in [1.807, 2.05) is 6.92 Å². The molecular formula is C14H19F3N2O. The molecule has 0 radical (unpaired) electrons. The number of carbonyl (C=O) groups is 1. The molecule has 1 aromatic rings. The monoisotopic (exact) mass is 288 g/mol. The number of rotatable bonds is 6. The van der Waals surface area contributed by atoms with E-state index in [2.05, 4.69) is 5.32 Å². The third kappa shape index (κ3) is 5.21. The molecule has 1 atom stereocenters. The summed E-state index contributed by atoms with van der Waals surface area (Å²) in [5.74, 6) is -0.337. The summed E-state index contributed by atoms with van der Waals surface area (Å²) in [6.07, 6.45) is -2.02. The van der Waals surface area contributed by atoms with E-state index in [4.69, 9.17) is 5.73 Å². The van der Waals surface area contributed by atoms with Crippen molar-refractivity contribution in [3.63, 3.8) is 0 Å². The molecule has 3 nitrogen and oxygen atoms in total. The maximum Gasteiger partial charge on any atom is 0.416 e. The molecule has 0 saturated heterocycles. The van der Waals surface area contributed by atoms with Gasteiger partial charge in [0.05, 0.1) is 11.6 Å². The van der Waals surface area contributed by atoms with Gasteiger partial charge in [-0.15, -0.1) is 0 Å². The Balaban J connectivity index is 2.55. The van der Waals surface area contributed by atoms with Crippen LogP contribution < -0.4 is 11.1 Å². The van der Waals surface area contributed by atoms with Gasteiger partial charge in [0.1, 0.15) is 0 Å². The fourth-order valence-corrected chi connectivity index (χ4v) is 1.73. The summed E-state index contributed by atoms with van der Waals surface area (Å²) < 4.78 is 37.6. The minimum absolute atomic E-state index is 0.0442. The van der Waals surface area contributed by atoms with Crippen LogP contribution in [0.25, 0.3) is 0 Å². The first-order valence-electron chi connectivity index (χ1n) is 6.54. The Hall–Kier alpha value is -1.56. The van der Waals surface area contributed by atoms with Gasteiger partial charge in [-0.2, -0.15) is 13.2 Å². The molecule has 0 fully saturated rings. The molecule has 1 amide bonds. The van der Waals surface area contributed by atoms with Crippen molar-refractivity contribution in [2.24, 2.45) is 5.73 Å². The number of carbonyl (C=O) groups excluding carboxylic acids is 1. The second-order valence-corrected chi connectivity index (χ2v) is 4.66. The number of nitrogens with two attached hydrogens (primary N) is 1. The van der Waals surface area contributed by atoms with Crippen molar-refractivity contribution in [1.82, 2.24) is 5.32 Å². The van der Waals surface area contributed by atoms with Crippen LogP contribution in [0.15, 0.2) is 24.3 Å². The highest BCUT2D eigenvalue weighted by atomic mass is 19.4. The van der Waals surface area contributed by atoms with E-state index in [-0.39, 0.29) is 12.5 Å². The molecule has 3 N–H and O–H groups in total. The zero-order chi connectivity index (χ0) is 15.2. The third-order valence-corrected chi connectivity index (χ3v) is 2.93. The molecule has 0 aromatic heterocycles. The standard InChI is InChI=1S/C14H19F3N2O/c1-2-3-7-12(18)13(20)19-9-10-5-4-6-11(8-10)14(15,16)17/h4-6,8,12H,2-3,7,9,18H2,1H3,(H,19,20). The molecule has 0 spiro atoms. The molecule has 6 heteroatoms. The number of alkyl halides is 3. The maximum atomic E-state index is 12.5. The van der Waals surface area contributed by atoms with Gasteiger partial charge < -0.3 is 11.1 Å². The fourth-order valence-electron chi connectivity index (χ4n) is 1.73. The second kappa shape index (κ2) is 7.28. The first-order valence-corrected chi connectivity index (χ1v) is 6.54. The molecule has 0 aliphatic carbocycles. The van der Waals surface area contributed by atoms with E-state index in [1.165, 1.54) is 12.1 Å². The molecule has 1 aromatic carbocycles. The van der Waals surface area contributed by atoms with Crippen molar-refractivity contribution in [1.29, 1.82) is 0 Å². The molecular weight excluding hydrogens is 269 g/mol. The highest BCUT2D eigenvalue weighted by molar-refractivity contribution is 5.81. The molecule has 0 bridgehead atoms. The summed E-state index contributed by atoms with van der Waals surface area (Å²) in [6.45, 7) is 2.04. The topological polar surface area (TPSA) is 55.1 Å². The molecule has 0 aliphatic heterocycles. The van der Waals surface area contributed by atoms with Gasteiger partial charge in [-0.05, 0) is 24.1 Å². The lowest BCUT2D eigenvalue weighted by atomic mass is 10.1. The third-order valence-electron chi connectivity index (χ3n) is 2.93. The van der Waals surface area contributed by atoms with Crippen molar-refractivity contribution < 1.29 is 18.0 Å². The van der Waals surface area contributed by atoms with E-state index < -0.39 is 17.8 Å². The summed E-state index contributed by atoms with van der Waals surface area (Å²) in [6, 6.07) is 4.27. The fraction of sp³-hybridized carbons (Fsp3) is 0.500. The van der Waals surface area contributed by atoms with Gasteiger partial charge in [0.25, 0.3) is 0 Å². The van der Waals surface area contributed by atoms with E-state index in [9.17, 15) is 18.0 Å². The Kier molecular flexibility index (Phi) is 6.01. The Morgan fingerprint density at radius 2 is 2.10 bits per heavy atom. The first-order chi connectivity index (χ1) is 9.34. The van der Waals surface area contributed by atoms with E-state index >= 15 is 0 Å². The Labute approximate surface area is 116 Å². The van der Waals surface area contributed by atoms with Crippen LogP contribution in [0.1, 0.15) is 37.3 Å². The molecule has 112 valence electrons. The van der Waals surface area contributed by atoms with Gasteiger partial charge in [0.2, 0.25) is 5.91 Å². The number of halogens is 3.